The Morgan fingerprint density at radius 2 is 1.94 bits per heavy atom. The monoisotopic (exact) mass is 229 g/mol. The molecular weight excluding hydrogens is 210 g/mol. The largest absolute Gasteiger partial charge is 0.330 e. The van der Waals surface area contributed by atoms with Crippen LogP contribution < -0.4 is 5.73 Å². The standard InChI is InChI=1S/C14H19N3/c1-11(2)12-3-5-13(6-4-12)17-10-9-16-14(17)7-8-15/h3-6,9-11H,7-8,15H2,1-2H3. The van der Waals surface area contributed by atoms with Crippen molar-refractivity contribution in [1.82, 2.24) is 9.55 Å². The van der Waals surface area contributed by atoms with Gasteiger partial charge in [-0.3, -0.25) is 0 Å². The topological polar surface area (TPSA) is 43.8 Å². The minimum absolute atomic E-state index is 0.565. The molecule has 2 N–H and O–H groups in total. The van der Waals surface area contributed by atoms with Crippen molar-refractivity contribution in [2.45, 2.75) is 26.2 Å². The summed E-state index contributed by atoms with van der Waals surface area (Å²) in [6.45, 7) is 5.03. The van der Waals surface area contributed by atoms with Gasteiger partial charge in [0.2, 0.25) is 0 Å². The van der Waals surface area contributed by atoms with Crippen LogP contribution in [0.15, 0.2) is 36.7 Å². The molecule has 0 bridgehead atoms. The summed E-state index contributed by atoms with van der Waals surface area (Å²) in [7, 11) is 0. The van der Waals surface area contributed by atoms with Crippen molar-refractivity contribution in [3.63, 3.8) is 0 Å². The molecule has 0 saturated carbocycles. The van der Waals surface area contributed by atoms with Crippen molar-refractivity contribution in [1.29, 1.82) is 0 Å². The van der Waals surface area contributed by atoms with E-state index in [4.69, 9.17) is 5.73 Å². The van der Waals surface area contributed by atoms with Crippen molar-refractivity contribution in [2.24, 2.45) is 5.73 Å². The lowest BCUT2D eigenvalue weighted by molar-refractivity contribution is 0.833. The fraction of sp³-hybridized carbons (Fsp3) is 0.357. The zero-order valence-electron chi connectivity index (χ0n) is 10.4. The van der Waals surface area contributed by atoms with Crippen LogP contribution in [0.5, 0.6) is 0 Å². The van der Waals surface area contributed by atoms with Gasteiger partial charge in [0, 0.05) is 24.5 Å². The van der Waals surface area contributed by atoms with Gasteiger partial charge in [0.05, 0.1) is 0 Å². The van der Waals surface area contributed by atoms with Gasteiger partial charge in [-0.1, -0.05) is 26.0 Å². The molecule has 0 aliphatic rings. The van der Waals surface area contributed by atoms with E-state index >= 15 is 0 Å². The Kier molecular flexibility index (Phi) is 3.59. The Hall–Kier alpha value is -1.61. The lowest BCUT2D eigenvalue weighted by Gasteiger charge is -2.09. The van der Waals surface area contributed by atoms with E-state index in [1.165, 1.54) is 5.56 Å². The second-order valence-electron chi connectivity index (χ2n) is 4.50. The first kappa shape index (κ1) is 11.9. The first-order valence-electron chi connectivity index (χ1n) is 6.05. The van der Waals surface area contributed by atoms with Gasteiger partial charge >= 0.3 is 0 Å². The first-order chi connectivity index (χ1) is 8.22. The molecular formula is C14H19N3. The predicted octanol–water partition coefficient (Wildman–Crippen LogP) is 2.50. The molecule has 0 aliphatic carbocycles. The number of imidazole rings is 1. The number of nitrogens with two attached hydrogens (primary N) is 1. The Balaban J connectivity index is 2.30. The van der Waals surface area contributed by atoms with Gasteiger partial charge in [-0.05, 0) is 30.2 Å². The summed E-state index contributed by atoms with van der Waals surface area (Å²) in [6.07, 6.45) is 4.61. The van der Waals surface area contributed by atoms with Crippen LogP contribution in [0, 0.1) is 0 Å². The average Bonchev–Trinajstić information content (AvgIpc) is 2.78. The average molecular weight is 229 g/mol. The third-order valence-corrected chi connectivity index (χ3v) is 2.92. The Morgan fingerprint density at radius 1 is 1.24 bits per heavy atom. The van der Waals surface area contributed by atoms with Crippen molar-refractivity contribution < 1.29 is 0 Å². The van der Waals surface area contributed by atoms with E-state index in [0.29, 0.717) is 12.5 Å². The third-order valence-electron chi connectivity index (χ3n) is 2.92. The van der Waals surface area contributed by atoms with Crippen molar-refractivity contribution >= 4 is 0 Å². The molecule has 0 radical (unpaired) electrons. The summed E-state index contributed by atoms with van der Waals surface area (Å²) in [5.41, 5.74) is 8.08. The van der Waals surface area contributed by atoms with Crippen molar-refractivity contribution in [3.8, 4) is 5.69 Å². The quantitative estimate of drug-likeness (QED) is 0.875. The summed E-state index contributed by atoms with van der Waals surface area (Å²) in [5, 5.41) is 0. The molecule has 17 heavy (non-hydrogen) atoms. The summed E-state index contributed by atoms with van der Waals surface area (Å²) >= 11 is 0. The van der Waals surface area contributed by atoms with Crippen LogP contribution in [0.2, 0.25) is 0 Å². The predicted molar refractivity (Wildman–Crippen MR) is 70.4 cm³/mol. The number of hydrogen-bond donors (Lipinski definition) is 1. The minimum atomic E-state index is 0.565. The van der Waals surface area contributed by atoms with Crippen LogP contribution in [-0.2, 0) is 6.42 Å². The van der Waals surface area contributed by atoms with E-state index in [1.54, 1.807) is 0 Å². The van der Waals surface area contributed by atoms with E-state index in [2.05, 4.69) is 47.7 Å². The second-order valence-corrected chi connectivity index (χ2v) is 4.50. The van der Waals surface area contributed by atoms with Crippen molar-refractivity contribution in [2.75, 3.05) is 6.54 Å². The number of nitrogens with zero attached hydrogens (tertiary/aromatic N) is 2. The second kappa shape index (κ2) is 5.15. The van der Waals surface area contributed by atoms with Crippen LogP contribution in [0.1, 0.15) is 31.2 Å². The van der Waals surface area contributed by atoms with E-state index in [1.807, 2.05) is 12.4 Å². The highest BCUT2D eigenvalue weighted by molar-refractivity contribution is 5.36. The number of hydrogen-bond acceptors (Lipinski definition) is 2. The van der Waals surface area contributed by atoms with Gasteiger partial charge in [0.1, 0.15) is 5.82 Å². The van der Waals surface area contributed by atoms with Crippen LogP contribution in [0.3, 0.4) is 0 Å². The molecule has 0 unspecified atom stereocenters. The highest BCUT2D eigenvalue weighted by Gasteiger charge is 2.04. The molecule has 0 saturated heterocycles. The zero-order valence-corrected chi connectivity index (χ0v) is 10.4. The van der Waals surface area contributed by atoms with Gasteiger partial charge in [0.15, 0.2) is 0 Å². The number of aromatic nitrogens is 2. The molecule has 0 spiro atoms. The third kappa shape index (κ3) is 2.56. The Morgan fingerprint density at radius 3 is 2.53 bits per heavy atom. The maximum Gasteiger partial charge on any atom is 0.114 e. The molecule has 1 aromatic heterocycles. The van der Waals surface area contributed by atoms with Crippen molar-refractivity contribution in [3.05, 3.63) is 48.0 Å². The van der Waals surface area contributed by atoms with Crippen LogP contribution in [0.25, 0.3) is 5.69 Å². The molecule has 1 heterocycles. The van der Waals surface area contributed by atoms with Gasteiger partial charge in [-0.2, -0.15) is 0 Å². The van der Waals surface area contributed by atoms with E-state index in [9.17, 15) is 0 Å². The maximum absolute atomic E-state index is 5.58. The van der Waals surface area contributed by atoms with E-state index < -0.39 is 0 Å². The normalized spacial score (nSPS) is 11.1. The Labute approximate surface area is 102 Å². The molecule has 0 amide bonds. The summed E-state index contributed by atoms with van der Waals surface area (Å²) in [4.78, 5) is 4.32. The molecule has 2 aromatic rings. The molecule has 3 nitrogen and oxygen atoms in total. The minimum Gasteiger partial charge on any atom is -0.330 e. The van der Waals surface area contributed by atoms with Crippen LogP contribution in [-0.4, -0.2) is 16.1 Å². The smallest absolute Gasteiger partial charge is 0.114 e. The van der Waals surface area contributed by atoms with Crippen LogP contribution in [0.4, 0.5) is 0 Å². The molecule has 1 aromatic carbocycles. The van der Waals surface area contributed by atoms with E-state index in [0.717, 1.165) is 17.9 Å². The number of rotatable bonds is 4. The molecule has 0 aliphatic heterocycles. The van der Waals surface area contributed by atoms with Gasteiger partial charge in [0.25, 0.3) is 0 Å². The van der Waals surface area contributed by atoms with E-state index in [-0.39, 0.29) is 0 Å². The SMILES string of the molecule is CC(C)c1ccc(-n2ccnc2CCN)cc1. The van der Waals surface area contributed by atoms with Gasteiger partial charge < -0.3 is 10.3 Å². The molecule has 2 rings (SSSR count). The molecule has 90 valence electrons. The fourth-order valence-electron chi connectivity index (χ4n) is 1.90. The summed E-state index contributed by atoms with van der Waals surface area (Å²) in [6, 6.07) is 8.62. The lowest BCUT2D eigenvalue weighted by Crippen LogP contribution is -2.08. The lowest BCUT2D eigenvalue weighted by atomic mass is 10.0. The highest BCUT2D eigenvalue weighted by atomic mass is 15.1. The molecule has 0 fully saturated rings. The maximum atomic E-state index is 5.58. The highest BCUT2D eigenvalue weighted by Crippen LogP contribution is 2.17. The van der Waals surface area contributed by atoms with Gasteiger partial charge in [-0.15, -0.1) is 0 Å². The van der Waals surface area contributed by atoms with Gasteiger partial charge in [-0.25, -0.2) is 4.98 Å². The van der Waals surface area contributed by atoms with Crippen LogP contribution >= 0.6 is 0 Å². The first-order valence-corrected chi connectivity index (χ1v) is 6.05. The Bertz CT molecular complexity index is 468. The molecule has 3 heteroatoms. The zero-order chi connectivity index (χ0) is 12.3. The molecule has 0 atom stereocenters. The summed E-state index contributed by atoms with van der Waals surface area (Å²) < 4.78 is 2.09. The summed E-state index contributed by atoms with van der Waals surface area (Å²) in [5.74, 6) is 1.58. The fourth-order valence-corrected chi connectivity index (χ4v) is 1.90. The number of benzene rings is 1.